The fourth-order valence-corrected chi connectivity index (χ4v) is 2.43. The second-order valence-electron chi connectivity index (χ2n) is 4.92. The lowest BCUT2D eigenvalue weighted by Gasteiger charge is -2.21. The summed E-state index contributed by atoms with van der Waals surface area (Å²) in [7, 11) is 0. The van der Waals surface area contributed by atoms with Gasteiger partial charge in [-0.25, -0.2) is 0 Å². The van der Waals surface area contributed by atoms with Crippen LogP contribution in [-0.4, -0.2) is 24.1 Å². The molecular formula is C14H22O4. The number of esters is 1. The van der Waals surface area contributed by atoms with Gasteiger partial charge >= 0.3 is 5.97 Å². The summed E-state index contributed by atoms with van der Waals surface area (Å²) >= 11 is 0. The van der Waals surface area contributed by atoms with Crippen LogP contribution in [0.4, 0.5) is 0 Å². The topological polar surface area (TPSA) is 60.4 Å². The smallest absolute Gasteiger partial charge is 0.316 e. The molecule has 0 unspecified atom stereocenters. The van der Waals surface area contributed by atoms with Crippen LogP contribution in [-0.2, 0) is 19.1 Å². The number of ketones is 2. The highest BCUT2D eigenvalue weighted by Crippen LogP contribution is 2.26. The van der Waals surface area contributed by atoms with Gasteiger partial charge in [0.25, 0.3) is 0 Å². The maximum absolute atomic E-state index is 12.1. The van der Waals surface area contributed by atoms with Crippen molar-refractivity contribution >= 4 is 17.5 Å². The first-order valence-electron chi connectivity index (χ1n) is 6.76. The molecule has 0 saturated heterocycles. The summed E-state index contributed by atoms with van der Waals surface area (Å²) in [6.45, 7) is 3.27. The van der Waals surface area contributed by atoms with Crippen LogP contribution in [0.3, 0.4) is 0 Å². The Morgan fingerprint density at radius 1 is 1.17 bits per heavy atom. The summed E-state index contributed by atoms with van der Waals surface area (Å²) in [6.07, 6.45) is 5.12. The van der Waals surface area contributed by atoms with E-state index in [-0.39, 0.29) is 30.5 Å². The quantitative estimate of drug-likeness (QED) is 0.539. The van der Waals surface area contributed by atoms with Gasteiger partial charge in [-0.1, -0.05) is 19.3 Å². The fourth-order valence-electron chi connectivity index (χ4n) is 2.43. The van der Waals surface area contributed by atoms with E-state index in [0.717, 1.165) is 25.7 Å². The van der Waals surface area contributed by atoms with Crippen molar-refractivity contribution in [3.63, 3.8) is 0 Å². The first kappa shape index (κ1) is 14.9. The fraction of sp³-hybridized carbons (Fsp3) is 0.786. The van der Waals surface area contributed by atoms with E-state index in [2.05, 4.69) is 0 Å². The van der Waals surface area contributed by atoms with E-state index in [4.69, 9.17) is 4.74 Å². The van der Waals surface area contributed by atoms with Gasteiger partial charge in [0.2, 0.25) is 0 Å². The lowest BCUT2D eigenvalue weighted by atomic mass is 9.82. The zero-order chi connectivity index (χ0) is 13.5. The summed E-state index contributed by atoms with van der Waals surface area (Å²) in [5, 5.41) is 0. The van der Waals surface area contributed by atoms with Gasteiger partial charge in [0.15, 0.2) is 0 Å². The van der Waals surface area contributed by atoms with Gasteiger partial charge in [0.05, 0.1) is 6.61 Å². The van der Waals surface area contributed by atoms with E-state index in [1.54, 1.807) is 6.92 Å². The molecule has 1 aliphatic rings. The molecule has 0 bridgehead atoms. The van der Waals surface area contributed by atoms with Gasteiger partial charge in [-0.15, -0.1) is 0 Å². The molecule has 4 nitrogen and oxygen atoms in total. The Morgan fingerprint density at radius 2 is 1.78 bits per heavy atom. The van der Waals surface area contributed by atoms with Crippen molar-refractivity contribution in [3.8, 4) is 0 Å². The summed E-state index contributed by atoms with van der Waals surface area (Å²) in [5.74, 6) is -1.66. The van der Waals surface area contributed by atoms with Crippen LogP contribution in [0, 0.1) is 11.8 Å². The predicted molar refractivity (Wildman–Crippen MR) is 67.0 cm³/mol. The second kappa shape index (κ2) is 7.29. The largest absolute Gasteiger partial charge is 0.465 e. The summed E-state index contributed by atoms with van der Waals surface area (Å²) < 4.78 is 4.84. The maximum Gasteiger partial charge on any atom is 0.316 e. The molecule has 0 N–H and O–H groups in total. The van der Waals surface area contributed by atoms with E-state index in [1.165, 1.54) is 13.3 Å². The third-order valence-electron chi connectivity index (χ3n) is 3.53. The van der Waals surface area contributed by atoms with Gasteiger partial charge < -0.3 is 4.74 Å². The van der Waals surface area contributed by atoms with Crippen LogP contribution < -0.4 is 0 Å². The number of hydrogen-bond donors (Lipinski definition) is 0. The average Bonchev–Trinajstić information content (AvgIpc) is 2.36. The van der Waals surface area contributed by atoms with Crippen LogP contribution in [0.1, 0.15) is 52.4 Å². The normalized spacial score (nSPS) is 18.1. The van der Waals surface area contributed by atoms with Crippen molar-refractivity contribution < 1.29 is 19.1 Å². The number of ether oxygens (including phenoxy) is 1. The molecule has 0 aromatic heterocycles. The summed E-state index contributed by atoms with van der Waals surface area (Å²) in [5.41, 5.74) is 0. The molecule has 1 atom stereocenters. The van der Waals surface area contributed by atoms with E-state index >= 15 is 0 Å². The number of carbonyl (C=O) groups is 3. The zero-order valence-corrected chi connectivity index (χ0v) is 11.2. The van der Waals surface area contributed by atoms with Gasteiger partial charge in [-0.2, -0.15) is 0 Å². The molecule has 1 rings (SSSR count). The molecule has 1 saturated carbocycles. The van der Waals surface area contributed by atoms with Crippen LogP contribution >= 0.6 is 0 Å². The van der Waals surface area contributed by atoms with E-state index < -0.39 is 11.9 Å². The zero-order valence-electron chi connectivity index (χ0n) is 11.2. The summed E-state index contributed by atoms with van der Waals surface area (Å²) in [6, 6.07) is 0. The Kier molecular flexibility index (Phi) is 6.02. The highest BCUT2D eigenvalue weighted by atomic mass is 16.5. The van der Waals surface area contributed by atoms with E-state index in [9.17, 15) is 14.4 Å². The molecule has 18 heavy (non-hydrogen) atoms. The Labute approximate surface area is 108 Å². The van der Waals surface area contributed by atoms with Crippen LogP contribution in [0.15, 0.2) is 0 Å². The highest BCUT2D eigenvalue weighted by molar-refractivity contribution is 6.01. The maximum atomic E-state index is 12.1. The van der Waals surface area contributed by atoms with Crippen molar-refractivity contribution in [2.75, 3.05) is 6.61 Å². The van der Waals surface area contributed by atoms with Crippen molar-refractivity contribution in [1.82, 2.24) is 0 Å². The van der Waals surface area contributed by atoms with Crippen LogP contribution in [0.5, 0.6) is 0 Å². The first-order chi connectivity index (χ1) is 8.56. The van der Waals surface area contributed by atoms with Crippen molar-refractivity contribution in [3.05, 3.63) is 0 Å². The van der Waals surface area contributed by atoms with Crippen molar-refractivity contribution in [2.45, 2.75) is 52.4 Å². The molecule has 0 aliphatic heterocycles. The highest BCUT2D eigenvalue weighted by Gasteiger charge is 2.31. The van der Waals surface area contributed by atoms with Crippen LogP contribution in [0.2, 0.25) is 0 Å². The molecule has 4 heteroatoms. The van der Waals surface area contributed by atoms with Gasteiger partial charge in [-0.05, 0) is 26.7 Å². The lowest BCUT2D eigenvalue weighted by molar-refractivity contribution is -0.153. The molecule has 0 heterocycles. The van der Waals surface area contributed by atoms with E-state index in [1.807, 2.05) is 0 Å². The Balaban J connectivity index is 2.57. The van der Waals surface area contributed by atoms with Gasteiger partial charge in [0, 0.05) is 12.3 Å². The second-order valence-corrected chi connectivity index (χ2v) is 4.92. The monoisotopic (exact) mass is 254 g/mol. The molecule has 0 aromatic rings. The lowest BCUT2D eigenvalue weighted by Crippen LogP contribution is -2.30. The third-order valence-corrected chi connectivity index (χ3v) is 3.53. The van der Waals surface area contributed by atoms with Gasteiger partial charge in [0.1, 0.15) is 17.5 Å². The minimum Gasteiger partial charge on any atom is -0.465 e. The molecule has 0 aromatic carbocycles. The molecule has 102 valence electrons. The minimum absolute atomic E-state index is 0.0127. The van der Waals surface area contributed by atoms with E-state index in [0.29, 0.717) is 0 Å². The number of hydrogen-bond acceptors (Lipinski definition) is 4. The Bertz CT molecular complexity index is 316. The molecule has 1 aliphatic carbocycles. The Morgan fingerprint density at radius 3 is 2.28 bits per heavy atom. The molecule has 0 radical (unpaired) electrons. The molecule has 1 fully saturated rings. The predicted octanol–water partition coefficient (Wildman–Crippen LogP) is 2.29. The number of carbonyl (C=O) groups excluding carboxylic acids is 3. The summed E-state index contributed by atoms with van der Waals surface area (Å²) in [4.78, 5) is 35.1. The van der Waals surface area contributed by atoms with Crippen molar-refractivity contribution in [1.29, 1.82) is 0 Å². The molecule has 0 amide bonds. The third kappa shape index (κ3) is 4.24. The molecule has 0 spiro atoms. The van der Waals surface area contributed by atoms with Gasteiger partial charge in [-0.3, -0.25) is 14.4 Å². The molecular weight excluding hydrogens is 232 g/mol. The average molecular weight is 254 g/mol. The first-order valence-corrected chi connectivity index (χ1v) is 6.76. The van der Waals surface area contributed by atoms with Crippen LogP contribution in [0.25, 0.3) is 0 Å². The minimum atomic E-state index is -0.903. The Hall–Kier alpha value is -1.19. The standard InChI is InChI=1S/C14H22O4/c1-3-18-14(17)12(10(2)15)9-13(16)11-7-5-4-6-8-11/h11-12H,3-9H2,1-2H3/t12-/m0/s1. The van der Waals surface area contributed by atoms with Crippen molar-refractivity contribution in [2.24, 2.45) is 11.8 Å². The number of Topliss-reactive ketones (excluding diaryl/α,β-unsaturated/α-hetero) is 2. The SMILES string of the molecule is CCOC(=O)[C@@H](CC(=O)C1CCCCC1)C(C)=O. The number of rotatable bonds is 6.